The summed E-state index contributed by atoms with van der Waals surface area (Å²) in [5, 5.41) is 3.33. The van der Waals surface area contributed by atoms with Gasteiger partial charge in [0.25, 0.3) is 5.91 Å². The maximum atomic E-state index is 14.6. The van der Waals surface area contributed by atoms with Gasteiger partial charge >= 0.3 is 6.61 Å². The third kappa shape index (κ3) is 5.46. The maximum Gasteiger partial charge on any atom is 0.387 e. The fourth-order valence-electron chi connectivity index (χ4n) is 4.03. The van der Waals surface area contributed by atoms with Crippen LogP contribution in [0.5, 0.6) is 5.75 Å². The molecule has 2 aromatic carbocycles. The zero-order valence-corrected chi connectivity index (χ0v) is 20.5. The van der Waals surface area contributed by atoms with E-state index in [0.29, 0.717) is 27.9 Å². The van der Waals surface area contributed by atoms with Gasteiger partial charge in [0, 0.05) is 28.3 Å². The molecule has 38 heavy (non-hydrogen) atoms. The van der Waals surface area contributed by atoms with Gasteiger partial charge < -0.3 is 14.8 Å². The van der Waals surface area contributed by atoms with E-state index in [9.17, 15) is 26.4 Å². The zero-order chi connectivity index (χ0) is 26.9. The van der Waals surface area contributed by atoms with E-state index in [1.54, 1.807) is 36.5 Å². The van der Waals surface area contributed by atoms with Gasteiger partial charge in [0.15, 0.2) is 9.84 Å². The Balaban J connectivity index is 1.36. The summed E-state index contributed by atoms with van der Waals surface area (Å²) in [6, 6.07) is 13.4. The number of aromatic nitrogens is 2. The van der Waals surface area contributed by atoms with Crippen LogP contribution in [0.25, 0.3) is 22.2 Å². The highest BCUT2D eigenvalue weighted by Gasteiger charge is 2.27. The van der Waals surface area contributed by atoms with Crippen LogP contribution in [0.1, 0.15) is 21.6 Å². The number of alkyl halides is 2. The monoisotopic (exact) mass is 543 g/mol. The quantitative estimate of drug-likeness (QED) is 0.387. The van der Waals surface area contributed by atoms with Crippen molar-refractivity contribution in [2.45, 2.75) is 24.7 Å². The number of carbonyl (C=O) groups excluding carboxylic acids is 1. The molecular weight excluding hydrogens is 523 g/mol. The highest BCUT2D eigenvalue weighted by molar-refractivity contribution is 7.91. The number of pyridine rings is 2. The summed E-state index contributed by atoms with van der Waals surface area (Å²) in [6.07, 6.45) is 1.57. The van der Waals surface area contributed by atoms with Gasteiger partial charge in [-0.25, -0.2) is 17.8 Å². The first-order valence-electron chi connectivity index (χ1n) is 11.4. The second-order valence-corrected chi connectivity index (χ2v) is 10.5. The van der Waals surface area contributed by atoms with Crippen molar-refractivity contribution in [3.63, 3.8) is 0 Å². The van der Waals surface area contributed by atoms with E-state index in [0.717, 1.165) is 12.1 Å². The molecule has 196 valence electrons. The van der Waals surface area contributed by atoms with Gasteiger partial charge in [-0.05, 0) is 42.5 Å². The fraction of sp³-hybridized carbons (Fsp3) is 0.192. The summed E-state index contributed by atoms with van der Waals surface area (Å²) in [5.41, 5.74) is 1.85. The number of sulfone groups is 1. The molecule has 5 rings (SSSR count). The van der Waals surface area contributed by atoms with Gasteiger partial charge in [-0.3, -0.25) is 9.78 Å². The zero-order valence-electron chi connectivity index (χ0n) is 19.7. The van der Waals surface area contributed by atoms with E-state index in [2.05, 4.69) is 20.0 Å². The van der Waals surface area contributed by atoms with Crippen molar-refractivity contribution in [3.8, 4) is 17.0 Å². The third-order valence-electron chi connectivity index (χ3n) is 5.91. The number of hydrogen-bond donors (Lipinski definition) is 1. The summed E-state index contributed by atoms with van der Waals surface area (Å²) < 4.78 is 74.3. The van der Waals surface area contributed by atoms with Gasteiger partial charge in [-0.15, -0.1) is 0 Å². The Kier molecular flexibility index (Phi) is 7.00. The molecule has 0 aliphatic carbocycles. The van der Waals surface area contributed by atoms with Gasteiger partial charge in [-0.1, -0.05) is 12.1 Å². The minimum absolute atomic E-state index is 0.00656. The van der Waals surface area contributed by atoms with Crippen LogP contribution in [-0.4, -0.2) is 43.3 Å². The largest absolute Gasteiger partial charge is 0.435 e. The molecule has 3 heterocycles. The summed E-state index contributed by atoms with van der Waals surface area (Å²) >= 11 is 0. The average molecular weight is 544 g/mol. The molecule has 1 aliphatic rings. The molecule has 1 aliphatic heterocycles. The number of hydrogen-bond acceptors (Lipinski definition) is 7. The molecule has 2 aromatic heterocycles. The predicted octanol–water partition coefficient (Wildman–Crippen LogP) is 4.27. The predicted molar refractivity (Wildman–Crippen MR) is 131 cm³/mol. The number of fused-ring (bicyclic) bond motifs is 2. The van der Waals surface area contributed by atoms with Crippen LogP contribution in [0.15, 0.2) is 65.7 Å². The number of amides is 1. The first kappa shape index (κ1) is 25.6. The van der Waals surface area contributed by atoms with Crippen LogP contribution in [0.4, 0.5) is 13.2 Å². The van der Waals surface area contributed by atoms with Crippen LogP contribution in [0.3, 0.4) is 0 Å². The smallest absolute Gasteiger partial charge is 0.387 e. The topological polar surface area (TPSA) is 107 Å². The van der Waals surface area contributed by atoms with E-state index < -0.39 is 28.2 Å². The van der Waals surface area contributed by atoms with Crippen molar-refractivity contribution in [2.75, 3.05) is 12.4 Å². The minimum Gasteiger partial charge on any atom is -0.435 e. The lowest BCUT2D eigenvalue weighted by molar-refractivity contribution is -0.0498. The second-order valence-electron chi connectivity index (χ2n) is 8.46. The van der Waals surface area contributed by atoms with E-state index in [1.807, 2.05) is 0 Å². The van der Waals surface area contributed by atoms with Crippen LogP contribution in [0.2, 0.25) is 0 Å². The standard InChI is InChI=1S/C26H20F3N3O5S/c27-21-9-17(10-24-20(21)14-36-6-7-38(24,34)35)25(33)31-13-18-11-23-16(12-30-18)4-5-22(32-23)15-2-1-3-19(8-15)37-26(28)29/h1-5,8-12,26H,6-7,13-14H2,(H,31,33). The molecule has 0 atom stereocenters. The van der Waals surface area contributed by atoms with Crippen LogP contribution < -0.4 is 10.1 Å². The van der Waals surface area contributed by atoms with Crippen molar-refractivity contribution in [3.05, 3.63) is 83.4 Å². The molecule has 0 bridgehead atoms. The fourth-order valence-corrected chi connectivity index (χ4v) is 5.43. The lowest BCUT2D eigenvalue weighted by Crippen LogP contribution is -2.24. The molecule has 1 amide bonds. The van der Waals surface area contributed by atoms with Crippen LogP contribution >= 0.6 is 0 Å². The Morgan fingerprint density at radius 3 is 2.79 bits per heavy atom. The molecule has 8 nitrogen and oxygen atoms in total. The summed E-state index contributed by atoms with van der Waals surface area (Å²) in [5.74, 6) is -1.80. The molecule has 0 saturated heterocycles. The van der Waals surface area contributed by atoms with Gasteiger partial charge in [0.05, 0.1) is 47.3 Å². The normalized spacial score (nSPS) is 14.6. The van der Waals surface area contributed by atoms with Crippen molar-refractivity contribution in [1.29, 1.82) is 0 Å². The van der Waals surface area contributed by atoms with Crippen LogP contribution in [0, 0.1) is 5.82 Å². The molecule has 4 aromatic rings. The highest BCUT2D eigenvalue weighted by atomic mass is 32.2. The van der Waals surface area contributed by atoms with E-state index >= 15 is 0 Å². The Morgan fingerprint density at radius 2 is 1.97 bits per heavy atom. The lowest BCUT2D eigenvalue weighted by atomic mass is 10.1. The SMILES string of the molecule is O=C(NCc1cc2nc(-c3cccc(OC(F)F)c3)ccc2cn1)c1cc(F)c2c(c1)S(=O)(=O)CCOC2. The van der Waals surface area contributed by atoms with E-state index in [1.165, 1.54) is 12.1 Å². The van der Waals surface area contributed by atoms with Crippen molar-refractivity contribution in [1.82, 2.24) is 15.3 Å². The molecule has 12 heteroatoms. The Hall–Kier alpha value is -4.03. The first-order valence-corrected chi connectivity index (χ1v) is 13.1. The van der Waals surface area contributed by atoms with Gasteiger partial charge in [0.2, 0.25) is 0 Å². The summed E-state index contributed by atoms with van der Waals surface area (Å²) in [6.45, 7) is -3.23. The lowest BCUT2D eigenvalue weighted by Gasteiger charge is -2.11. The number of nitrogens with one attached hydrogen (secondary N) is 1. The number of halogens is 3. The highest BCUT2D eigenvalue weighted by Crippen LogP contribution is 2.27. The Morgan fingerprint density at radius 1 is 1.13 bits per heavy atom. The number of rotatable bonds is 6. The molecule has 1 N–H and O–H groups in total. The Labute approximate surface area is 215 Å². The molecule has 0 fully saturated rings. The van der Waals surface area contributed by atoms with Crippen molar-refractivity contribution in [2.24, 2.45) is 0 Å². The van der Waals surface area contributed by atoms with Crippen LogP contribution in [-0.2, 0) is 27.7 Å². The van der Waals surface area contributed by atoms with Crippen molar-refractivity contribution < 1.29 is 35.9 Å². The Bertz CT molecular complexity index is 1650. The first-order chi connectivity index (χ1) is 18.2. The number of benzene rings is 2. The van der Waals surface area contributed by atoms with E-state index in [-0.39, 0.29) is 47.3 Å². The number of nitrogens with zero attached hydrogens (tertiary/aromatic N) is 2. The molecule has 0 saturated carbocycles. The number of carbonyl (C=O) groups is 1. The third-order valence-corrected chi connectivity index (χ3v) is 7.65. The molecular formula is C26H20F3N3O5S. The van der Waals surface area contributed by atoms with Gasteiger partial charge in [-0.2, -0.15) is 8.78 Å². The summed E-state index contributed by atoms with van der Waals surface area (Å²) in [4.78, 5) is 21.4. The molecule has 0 radical (unpaired) electrons. The second kappa shape index (κ2) is 10.4. The van der Waals surface area contributed by atoms with Gasteiger partial charge in [0.1, 0.15) is 11.6 Å². The maximum absolute atomic E-state index is 14.6. The van der Waals surface area contributed by atoms with Crippen molar-refractivity contribution >= 4 is 26.6 Å². The molecule has 0 unspecified atom stereocenters. The average Bonchev–Trinajstić information content (AvgIpc) is 3.04. The minimum atomic E-state index is -3.79. The van der Waals surface area contributed by atoms with E-state index in [4.69, 9.17) is 4.74 Å². The molecule has 0 spiro atoms. The number of ether oxygens (including phenoxy) is 2. The summed E-state index contributed by atoms with van der Waals surface area (Å²) in [7, 11) is -3.79.